The predicted molar refractivity (Wildman–Crippen MR) is 90.2 cm³/mol. The van der Waals surface area contributed by atoms with Crippen LogP contribution in [0.2, 0.25) is 0 Å². The van der Waals surface area contributed by atoms with Gasteiger partial charge in [0.1, 0.15) is 6.04 Å². The highest BCUT2D eigenvalue weighted by molar-refractivity contribution is 5.80. The van der Waals surface area contributed by atoms with Crippen molar-refractivity contribution < 1.29 is 28.9 Å². The van der Waals surface area contributed by atoms with E-state index in [0.717, 1.165) is 12.0 Å². The molecule has 1 heterocycles. The number of carbonyl (C=O) groups excluding carboxylic acids is 1. The van der Waals surface area contributed by atoms with E-state index < -0.39 is 12.0 Å². The van der Waals surface area contributed by atoms with Gasteiger partial charge in [-0.2, -0.15) is 0 Å². The summed E-state index contributed by atoms with van der Waals surface area (Å²) in [5.74, 6) is 0.409. The Morgan fingerprint density at radius 3 is 2.36 bits per heavy atom. The normalized spacial score (nSPS) is 17.2. The number of aliphatic carboxylic acids is 1. The van der Waals surface area contributed by atoms with E-state index in [1.54, 1.807) is 17.0 Å². The number of carbonyl (C=O) groups is 2. The second-order valence-corrected chi connectivity index (χ2v) is 5.78. The molecular formula is C17H24N2O6. The van der Waals surface area contributed by atoms with Gasteiger partial charge < -0.3 is 24.6 Å². The second-order valence-electron chi connectivity index (χ2n) is 5.78. The molecule has 2 N–H and O–H groups in total. The van der Waals surface area contributed by atoms with Gasteiger partial charge in [0.25, 0.3) is 0 Å². The number of carboxylic acid groups (broad SMARTS) is 1. The summed E-state index contributed by atoms with van der Waals surface area (Å²) in [6.07, 6.45) is 1.37. The number of hydrogen-bond donors (Lipinski definition) is 2. The Morgan fingerprint density at radius 2 is 1.84 bits per heavy atom. The Bertz CT molecular complexity index is 609. The Hall–Kier alpha value is -2.48. The van der Waals surface area contributed by atoms with Gasteiger partial charge in [0.15, 0.2) is 11.5 Å². The first kappa shape index (κ1) is 18.9. The molecule has 1 aliphatic rings. The lowest BCUT2D eigenvalue weighted by Gasteiger charge is -2.20. The van der Waals surface area contributed by atoms with E-state index in [9.17, 15) is 9.59 Å². The van der Waals surface area contributed by atoms with Crippen LogP contribution in [0.4, 0.5) is 0 Å². The number of amides is 1. The number of rotatable bonds is 8. The highest BCUT2D eigenvalue weighted by Crippen LogP contribution is 2.38. The predicted octanol–water partition coefficient (Wildman–Crippen LogP) is 0.878. The molecular weight excluding hydrogens is 328 g/mol. The maximum absolute atomic E-state index is 12.1. The minimum atomic E-state index is -0.880. The molecule has 0 aromatic heterocycles. The minimum Gasteiger partial charge on any atom is -0.493 e. The fraction of sp³-hybridized carbons (Fsp3) is 0.529. The highest BCUT2D eigenvalue weighted by atomic mass is 16.5. The number of carboxylic acids is 1. The monoisotopic (exact) mass is 352 g/mol. The summed E-state index contributed by atoms with van der Waals surface area (Å²) in [5.41, 5.74) is 0.791. The van der Waals surface area contributed by atoms with Crippen LogP contribution in [-0.4, -0.2) is 62.3 Å². The van der Waals surface area contributed by atoms with Crippen LogP contribution in [0.1, 0.15) is 18.4 Å². The van der Waals surface area contributed by atoms with Crippen LogP contribution in [0.3, 0.4) is 0 Å². The van der Waals surface area contributed by atoms with Crippen molar-refractivity contribution in [1.82, 2.24) is 10.2 Å². The van der Waals surface area contributed by atoms with Crippen LogP contribution >= 0.6 is 0 Å². The maximum Gasteiger partial charge on any atom is 0.320 e. The number of benzene rings is 1. The number of methoxy groups -OCH3 is 3. The number of nitrogens with one attached hydrogen (secondary N) is 1. The first-order valence-corrected chi connectivity index (χ1v) is 8.02. The molecule has 1 aromatic rings. The smallest absolute Gasteiger partial charge is 0.320 e. The van der Waals surface area contributed by atoms with E-state index >= 15 is 0 Å². The zero-order valence-electron chi connectivity index (χ0n) is 14.7. The molecule has 25 heavy (non-hydrogen) atoms. The summed E-state index contributed by atoms with van der Waals surface area (Å²) < 4.78 is 15.8. The quantitative estimate of drug-likeness (QED) is 0.717. The summed E-state index contributed by atoms with van der Waals surface area (Å²) in [5, 5.41) is 12.0. The van der Waals surface area contributed by atoms with E-state index in [-0.39, 0.29) is 19.0 Å². The van der Waals surface area contributed by atoms with Crippen molar-refractivity contribution in [2.75, 3.05) is 34.4 Å². The van der Waals surface area contributed by atoms with Gasteiger partial charge >= 0.3 is 5.97 Å². The number of ether oxygens (including phenoxy) is 3. The number of hydrogen-bond acceptors (Lipinski definition) is 6. The Labute approximate surface area is 146 Å². The summed E-state index contributed by atoms with van der Waals surface area (Å²) in [4.78, 5) is 25.0. The molecule has 1 aromatic carbocycles. The zero-order chi connectivity index (χ0) is 18.4. The lowest BCUT2D eigenvalue weighted by Crippen LogP contribution is -2.42. The van der Waals surface area contributed by atoms with E-state index in [1.165, 1.54) is 21.3 Å². The summed E-state index contributed by atoms with van der Waals surface area (Å²) in [6.45, 7) is 0.969. The van der Waals surface area contributed by atoms with Crippen LogP contribution in [0.25, 0.3) is 0 Å². The van der Waals surface area contributed by atoms with Crippen LogP contribution in [0.5, 0.6) is 17.2 Å². The van der Waals surface area contributed by atoms with Gasteiger partial charge in [-0.25, -0.2) is 0 Å². The fourth-order valence-corrected chi connectivity index (χ4v) is 2.97. The van der Waals surface area contributed by atoms with Crippen molar-refractivity contribution >= 4 is 11.9 Å². The van der Waals surface area contributed by atoms with Crippen LogP contribution < -0.4 is 19.5 Å². The first-order valence-electron chi connectivity index (χ1n) is 8.02. The van der Waals surface area contributed by atoms with Crippen LogP contribution in [0.15, 0.2) is 12.1 Å². The van der Waals surface area contributed by atoms with Gasteiger partial charge in [-0.1, -0.05) is 0 Å². The molecule has 0 aliphatic carbocycles. The van der Waals surface area contributed by atoms with E-state index in [0.29, 0.717) is 30.2 Å². The third kappa shape index (κ3) is 4.54. The van der Waals surface area contributed by atoms with Crippen molar-refractivity contribution in [3.63, 3.8) is 0 Å². The Kier molecular flexibility index (Phi) is 6.46. The minimum absolute atomic E-state index is 0.0708. The molecule has 2 rings (SSSR count). The van der Waals surface area contributed by atoms with Crippen molar-refractivity contribution in [1.29, 1.82) is 0 Å². The van der Waals surface area contributed by atoms with Crippen LogP contribution in [0, 0.1) is 0 Å². The molecule has 138 valence electrons. The number of nitrogens with zero attached hydrogens (tertiary/aromatic N) is 1. The molecule has 8 nitrogen and oxygen atoms in total. The molecule has 1 fully saturated rings. The van der Waals surface area contributed by atoms with Crippen molar-refractivity contribution in [2.45, 2.75) is 25.4 Å². The van der Waals surface area contributed by atoms with E-state index in [1.807, 2.05) is 0 Å². The van der Waals surface area contributed by atoms with Crippen molar-refractivity contribution in [3.05, 3.63) is 17.7 Å². The van der Waals surface area contributed by atoms with Gasteiger partial charge in [0, 0.05) is 6.54 Å². The van der Waals surface area contributed by atoms with Crippen molar-refractivity contribution in [3.8, 4) is 17.2 Å². The van der Waals surface area contributed by atoms with Crippen molar-refractivity contribution in [2.24, 2.45) is 0 Å². The third-order valence-electron chi connectivity index (χ3n) is 4.21. The molecule has 1 atom stereocenters. The number of likely N-dealkylation sites (tertiary alicyclic amines) is 1. The molecule has 1 unspecified atom stereocenters. The van der Waals surface area contributed by atoms with Gasteiger partial charge in [0.2, 0.25) is 11.7 Å². The van der Waals surface area contributed by atoms with E-state index in [2.05, 4.69) is 5.32 Å². The lowest BCUT2D eigenvalue weighted by molar-refractivity contribution is -0.142. The molecule has 0 radical (unpaired) electrons. The van der Waals surface area contributed by atoms with Gasteiger partial charge in [-0.05, 0) is 37.1 Å². The molecule has 0 bridgehead atoms. The second kappa shape index (κ2) is 8.57. The average Bonchev–Trinajstić information content (AvgIpc) is 3.07. The van der Waals surface area contributed by atoms with Crippen LogP contribution in [-0.2, 0) is 16.1 Å². The Morgan fingerprint density at radius 1 is 1.20 bits per heavy atom. The lowest BCUT2D eigenvalue weighted by atomic mass is 10.1. The van der Waals surface area contributed by atoms with Gasteiger partial charge in [-0.3, -0.25) is 14.5 Å². The van der Waals surface area contributed by atoms with Gasteiger partial charge in [-0.15, -0.1) is 0 Å². The molecule has 0 saturated carbocycles. The molecule has 8 heteroatoms. The standard InChI is InChI=1S/C17H24N2O6/c1-23-13-7-11(8-14(24-2)16(13)25-3)9-18-15(20)10-19-6-4-5-12(19)17(21)22/h7-8,12H,4-6,9-10H2,1-3H3,(H,18,20)(H,21,22). The molecule has 0 spiro atoms. The third-order valence-corrected chi connectivity index (χ3v) is 4.21. The topological polar surface area (TPSA) is 97.3 Å². The summed E-state index contributed by atoms with van der Waals surface area (Å²) in [6, 6.07) is 2.95. The summed E-state index contributed by atoms with van der Waals surface area (Å²) >= 11 is 0. The molecule has 1 saturated heterocycles. The maximum atomic E-state index is 12.1. The SMILES string of the molecule is COc1cc(CNC(=O)CN2CCCC2C(=O)O)cc(OC)c1OC. The first-order chi connectivity index (χ1) is 12.0. The highest BCUT2D eigenvalue weighted by Gasteiger charge is 2.31. The molecule has 1 amide bonds. The zero-order valence-corrected chi connectivity index (χ0v) is 14.7. The Balaban J connectivity index is 1.98. The van der Waals surface area contributed by atoms with Gasteiger partial charge in [0.05, 0.1) is 27.9 Å². The average molecular weight is 352 g/mol. The van der Waals surface area contributed by atoms with E-state index in [4.69, 9.17) is 19.3 Å². The molecule has 1 aliphatic heterocycles. The fourth-order valence-electron chi connectivity index (χ4n) is 2.97. The largest absolute Gasteiger partial charge is 0.493 e. The summed E-state index contributed by atoms with van der Waals surface area (Å²) in [7, 11) is 4.58.